The third-order valence-corrected chi connectivity index (χ3v) is 2.82. The van der Waals surface area contributed by atoms with Gasteiger partial charge in [-0.15, -0.1) is 0 Å². The van der Waals surface area contributed by atoms with Crippen LogP contribution in [0.25, 0.3) is 6.08 Å². The third kappa shape index (κ3) is 5.96. The van der Waals surface area contributed by atoms with E-state index >= 15 is 0 Å². The Kier molecular flexibility index (Phi) is 7.08. The van der Waals surface area contributed by atoms with Crippen LogP contribution < -0.4 is 5.32 Å². The van der Waals surface area contributed by atoms with E-state index in [9.17, 15) is 0 Å². The molecule has 94 valence electrons. The molecule has 0 spiro atoms. The lowest BCUT2D eigenvalue weighted by atomic mass is 10.1. The van der Waals surface area contributed by atoms with Gasteiger partial charge in [-0.25, -0.2) is 0 Å². The fraction of sp³-hybridized carbons (Fsp3) is 0.462. The largest absolute Gasteiger partial charge is 0.383 e. The van der Waals surface area contributed by atoms with Crippen LogP contribution in [0.2, 0.25) is 0 Å². The number of aromatic nitrogens is 1. The second-order valence-corrected chi connectivity index (χ2v) is 4.68. The highest BCUT2D eigenvalue weighted by molar-refractivity contribution is 9.10. The fourth-order valence-corrected chi connectivity index (χ4v) is 1.83. The predicted molar refractivity (Wildman–Crippen MR) is 75.0 cm³/mol. The molecular weight excluding hydrogens is 280 g/mol. The molecule has 3 nitrogen and oxygen atoms in total. The van der Waals surface area contributed by atoms with E-state index in [0.717, 1.165) is 36.2 Å². The molecule has 0 fully saturated rings. The van der Waals surface area contributed by atoms with Gasteiger partial charge < -0.3 is 10.1 Å². The maximum atomic E-state index is 4.99. The summed E-state index contributed by atoms with van der Waals surface area (Å²) in [4.78, 5) is 4.15. The second kappa shape index (κ2) is 8.39. The van der Waals surface area contributed by atoms with Crippen LogP contribution in [0.1, 0.15) is 18.9 Å². The van der Waals surface area contributed by atoms with Gasteiger partial charge in [0.1, 0.15) is 0 Å². The number of rotatable bonds is 7. The Hall–Kier alpha value is -0.710. The minimum atomic E-state index is 0.745. The molecule has 0 saturated heterocycles. The molecule has 0 amide bonds. The van der Waals surface area contributed by atoms with Gasteiger partial charge in [-0.1, -0.05) is 18.6 Å². The summed E-state index contributed by atoms with van der Waals surface area (Å²) in [5, 5.41) is 3.35. The molecule has 0 aliphatic rings. The van der Waals surface area contributed by atoms with E-state index in [2.05, 4.69) is 45.3 Å². The molecule has 1 aromatic rings. The van der Waals surface area contributed by atoms with E-state index in [0.29, 0.717) is 0 Å². The van der Waals surface area contributed by atoms with Crippen LogP contribution in [0.15, 0.2) is 28.5 Å². The molecule has 0 unspecified atom stereocenters. The molecule has 4 heteroatoms. The molecule has 0 atom stereocenters. The summed E-state index contributed by atoms with van der Waals surface area (Å²) in [5.41, 5.74) is 2.49. The van der Waals surface area contributed by atoms with Gasteiger partial charge in [-0.05, 0) is 34.0 Å². The molecule has 0 saturated carbocycles. The molecule has 0 radical (unpaired) electrons. The number of hydrogen-bond donors (Lipinski definition) is 1. The number of ether oxygens (including phenoxy) is 1. The predicted octanol–water partition coefficient (Wildman–Crippen LogP) is 2.87. The van der Waals surface area contributed by atoms with Gasteiger partial charge in [0.05, 0.1) is 6.61 Å². The summed E-state index contributed by atoms with van der Waals surface area (Å²) in [6, 6.07) is 2.07. The maximum absolute atomic E-state index is 4.99. The molecule has 17 heavy (non-hydrogen) atoms. The SMILES string of the molecule is CC/C(=C/c1cncc(Br)c1)CNCCOC. The highest BCUT2D eigenvalue weighted by Gasteiger charge is 1.97. The van der Waals surface area contributed by atoms with Crippen LogP contribution in [0, 0.1) is 0 Å². The first-order valence-electron chi connectivity index (χ1n) is 5.76. The Morgan fingerprint density at radius 3 is 3.00 bits per heavy atom. The van der Waals surface area contributed by atoms with Crippen LogP contribution in [0.5, 0.6) is 0 Å². The average Bonchev–Trinajstić information content (AvgIpc) is 2.33. The van der Waals surface area contributed by atoms with E-state index in [1.807, 2.05) is 6.20 Å². The normalized spacial score (nSPS) is 11.8. The van der Waals surface area contributed by atoms with Gasteiger partial charge >= 0.3 is 0 Å². The zero-order valence-corrected chi connectivity index (χ0v) is 12.0. The number of nitrogens with zero attached hydrogens (tertiary/aromatic N) is 1. The smallest absolute Gasteiger partial charge is 0.0587 e. The van der Waals surface area contributed by atoms with Gasteiger partial charge in [0, 0.05) is 37.1 Å². The topological polar surface area (TPSA) is 34.2 Å². The van der Waals surface area contributed by atoms with E-state index in [4.69, 9.17) is 4.74 Å². The van der Waals surface area contributed by atoms with Crippen molar-refractivity contribution >= 4 is 22.0 Å². The monoisotopic (exact) mass is 298 g/mol. The lowest BCUT2D eigenvalue weighted by molar-refractivity contribution is 0.200. The molecule has 0 bridgehead atoms. The first-order chi connectivity index (χ1) is 8.26. The first-order valence-corrected chi connectivity index (χ1v) is 6.55. The summed E-state index contributed by atoms with van der Waals surface area (Å²) in [5.74, 6) is 0. The minimum Gasteiger partial charge on any atom is -0.383 e. The van der Waals surface area contributed by atoms with Gasteiger partial charge in [0.2, 0.25) is 0 Å². The average molecular weight is 299 g/mol. The summed E-state index contributed by atoms with van der Waals surface area (Å²) < 4.78 is 6.00. The van der Waals surface area contributed by atoms with E-state index in [1.54, 1.807) is 13.3 Å². The van der Waals surface area contributed by atoms with Crippen molar-refractivity contribution in [2.24, 2.45) is 0 Å². The fourth-order valence-electron chi connectivity index (χ4n) is 1.44. The first kappa shape index (κ1) is 14.4. The van der Waals surface area contributed by atoms with Crippen molar-refractivity contribution in [1.82, 2.24) is 10.3 Å². The second-order valence-electron chi connectivity index (χ2n) is 3.76. The lowest BCUT2D eigenvalue weighted by Gasteiger charge is -2.07. The Balaban J connectivity index is 2.54. The molecule has 1 rings (SSSR count). The number of halogens is 1. The van der Waals surface area contributed by atoms with Crippen molar-refractivity contribution in [1.29, 1.82) is 0 Å². The van der Waals surface area contributed by atoms with E-state index in [1.165, 1.54) is 5.57 Å². The summed E-state index contributed by atoms with van der Waals surface area (Å²) >= 11 is 3.42. The van der Waals surface area contributed by atoms with Gasteiger partial charge in [0.15, 0.2) is 0 Å². The van der Waals surface area contributed by atoms with Crippen molar-refractivity contribution < 1.29 is 4.74 Å². The third-order valence-electron chi connectivity index (χ3n) is 2.39. The lowest BCUT2D eigenvalue weighted by Crippen LogP contribution is -2.21. The highest BCUT2D eigenvalue weighted by Crippen LogP contribution is 2.13. The molecule has 1 heterocycles. The molecule has 1 aromatic heterocycles. The maximum Gasteiger partial charge on any atom is 0.0587 e. The van der Waals surface area contributed by atoms with Gasteiger partial charge in [-0.2, -0.15) is 0 Å². The highest BCUT2D eigenvalue weighted by atomic mass is 79.9. The summed E-state index contributed by atoms with van der Waals surface area (Å²) in [7, 11) is 1.71. The Morgan fingerprint density at radius 2 is 2.35 bits per heavy atom. The van der Waals surface area contributed by atoms with Crippen molar-refractivity contribution in [2.45, 2.75) is 13.3 Å². The molecule has 1 N–H and O–H groups in total. The van der Waals surface area contributed by atoms with Crippen molar-refractivity contribution in [2.75, 3.05) is 26.8 Å². The minimum absolute atomic E-state index is 0.745. The summed E-state index contributed by atoms with van der Waals surface area (Å²) in [6.07, 6.45) is 6.87. The van der Waals surface area contributed by atoms with E-state index in [-0.39, 0.29) is 0 Å². The van der Waals surface area contributed by atoms with Crippen molar-refractivity contribution in [3.8, 4) is 0 Å². The molecule has 0 aliphatic carbocycles. The van der Waals surface area contributed by atoms with Crippen LogP contribution in [-0.2, 0) is 4.74 Å². The molecule has 0 aromatic carbocycles. The standard InChI is InChI=1S/C13H19BrN2O/c1-3-11(8-15-4-5-17-2)6-12-7-13(14)10-16-9-12/h6-7,9-10,15H,3-5,8H2,1-2H3/b11-6-. The number of methoxy groups -OCH3 is 1. The van der Waals surface area contributed by atoms with Crippen molar-refractivity contribution in [3.63, 3.8) is 0 Å². The Labute approximate surface area is 111 Å². The zero-order chi connectivity index (χ0) is 12.5. The molecule has 0 aliphatic heterocycles. The zero-order valence-electron chi connectivity index (χ0n) is 10.4. The quantitative estimate of drug-likeness (QED) is 0.786. The van der Waals surface area contributed by atoms with Crippen LogP contribution in [0.3, 0.4) is 0 Å². The number of hydrogen-bond acceptors (Lipinski definition) is 3. The molecular formula is C13H19BrN2O. The van der Waals surface area contributed by atoms with Crippen LogP contribution in [-0.4, -0.2) is 31.8 Å². The summed E-state index contributed by atoms with van der Waals surface area (Å²) in [6.45, 7) is 4.68. The van der Waals surface area contributed by atoms with Crippen molar-refractivity contribution in [3.05, 3.63) is 34.1 Å². The van der Waals surface area contributed by atoms with Crippen LogP contribution >= 0.6 is 15.9 Å². The Bertz CT molecular complexity index is 366. The van der Waals surface area contributed by atoms with E-state index < -0.39 is 0 Å². The van der Waals surface area contributed by atoms with Gasteiger partial charge in [0.25, 0.3) is 0 Å². The van der Waals surface area contributed by atoms with Crippen LogP contribution in [0.4, 0.5) is 0 Å². The number of nitrogens with one attached hydrogen (secondary N) is 1. The number of pyridine rings is 1. The van der Waals surface area contributed by atoms with Gasteiger partial charge in [-0.3, -0.25) is 4.98 Å². The Morgan fingerprint density at radius 1 is 1.53 bits per heavy atom.